The lowest BCUT2D eigenvalue weighted by Gasteiger charge is -2.23. The second-order valence-corrected chi connectivity index (χ2v) is 7.22. The van der Waals surface area contributed by atoms with Crippen molar-refractivity contribution >= 4 is 39.1 Å². The summed E-state index contributed by atoms with van der Waals surface area (Å²) in [7, 11) is -0.673. The predicted molar refractivity (Wildman–Crippen MR) is 84.2 cm³/mol. The molecular formula is C13H18Cl2N2O3S. The van der Waals surface area contributed by atoms with E-state index in [0.717, 1.165) is 6.42 Å². The topological polar surface area (TPSA) is 66.5 Å². The summed E-state index contributed by atoms with van der Waals surface area (Å²) in [5, 5.41) is -0.0561. The molecule has 1 aromatic rings. The van der Waals surface area contributed by atoms with Crippen LogP contribution in [0.3, 0.4) is 0 Å². The first kappa shape index (κ1) is 18.2. The molecule has 118 valence electrons. The van der Waals surface area contributed by atoms with E-state index in [1.165, 1.54) is 18.2 Å². The number of rotatable bonds is 6. The molecular weight excluding hydrogens is 335 g/mol. The Bertz CT molecular complexity index is 598. The van der Waals surface area contributed by atoms with Gasteiger partial charge in [0.25, 0.3) is 15.9 Å². The van der Waals surface area contributed by atoms with Crippen molar-refractivity contribution in [1.82, 2.24) is 9.62 Å². The van der Waals surface area contributed by atoms with Crippen molar-refractivity contribution in [2.24, 2.45) is 0 Å². The fraction of sp³-hybridized carbons (Fsp3) is 0.462. The highest BCUT2D eigenvalue weighted by Gasteiger charge is 2.28. The van der Waals surface area contributed by atoms with Crippen molar-refractivity contribution in [1.29, 1.82) is 0 Å². The zero-order chi connectivity index (χ0) is 16.2. The predicted octanol–water partition coefficient (Wildman–Crippen LogP) is 2.53. The van der Waals surface area contributed by atoms with E-state index in [2.05, 4.69) is 0 Å². The van der Waals surface area contributed by atoms with E-state index >= 15 is 0 Å². The lowest BCUT2D eigenvalue weighted by atomic mass is 10.1. The summed E-state index contributed by atoms with van der Waals surface area (Å²) in [6, 6.07) is 3.81. The number of benzene rings is 1. The van der Waals surface area contributed by atoms with Gasteiger partial charge in [-0.2, -0.15) is 0 Å². The maximum absolute atomic E-state index is 12.3. The molecule has 0 aliphatic carbocycles. The van der Waals surface area contributed by atoms with Gasteiger partial charge in [-0.3, -0.25) is 9.69 Å². The summed E-state index contributed by atoms with van der Waals surface area (Å²) in [5.74, 6) is -0.599. The van der Waals surface area contributed by atoms with Crippen LogP contribution in [-0.4, -0.2) is 39.4 Å². The van der Waals surface area contributed by atoms with Crippen molar-refractivity contribution in [2.75, 3.05) is 14.1 Å². The molecule has 0 aromatic heterocycles. The Hall–Kier alpha value is -0.820. The van der Waals surface area contributed by atoms with Crippen molar-refractivity contribution < 1.29 is 13.2 Å². The molecule has 0 aliphatic rings. The van der Waals surface area contributed by atoms with Gasteiger partial charge < -0.3 is 0 Å². The van der Waals surface area contributed by atoms with Crippen LogP contribution in [0.1, 0.15) is 19.8 Å². The number of likely N-dealkylation sites (N-methyl/N-ethyl adjacent to an activating group) is 1. The number of hydrogen-bond donors (Lipinski definition) is 1. The quantitative estimate of drug-likeness (QED) is 0.854. The number of carbonyl (C=O) groups is 1. The average Bonchev–Trinajstić information content (AvgIpc) is 2.34. The molecule has 8 heteroatoms. The molecule has 0 saturated carbocycles. The monoisotopic (exact) mass is 352 g/mol. The second kappa shape index (κ2) is 7.45. The summed E-state index contributed by atoms with van der Waals surface area (Å²) < 4.78 is 26.6. The SMILES string of the molecule is CCCC(C(=O)NS(=O)(=O)c1c(Cl)cccc1Cl)N(C)C. The second-order valence-electron chi connectivity index (χ2n) is 4.79. The molecule has 1 aromatic carbocycles. The van der Waals surface area contributed by atoms with Gasteiger partial charge in [0.15, 0.2) is 0 Å². The van der Waals surface area contributed by atoms with Gasteiger partial charge in [0.1, 0.15) is 4.90 Å². The standard InChI is InChI=1S/C13H18Cl2N2O3S/c1-4-6-11(17(2)3)13(18)16-21(19,20)12-9(14)7-5-8-10(12)15/h5,7-8,11H,4,6H2,1-3H3,(H,16,18). The molecule has 1 amide bonds. The van der Waals surface area contributed by atoms with Gasteiger partial charge >= 0.3 is 0 Å². The third-order valence-corrected chi connectivity index (χ3v) is 5.21. The molecule has 1 atom stereocenters. The number of sulfonamides is 1. The number of halogens is 2. The molecule has 0 fully saturated rings. The molecule has 0 heterocycles. The van der Waals surface area contributed by atoms with Crippen LogP contribution in [0.15, 0.2) is 23.1 Å². The van der Waals surface area contributed by atoms with Crippen LogP contribution in [0.2, 0.25) is 10.0 Å². The van der Waals surface area contributed by atoms with Gasteiger partial charge in [-0.05, 0) is 32.6 Å². The average molecular weight is 353 g/mol. The van der Waals surface area contributed by atoms with E-state index in [-0.39, 0.29) is 14.9 Å². The van der Waals surface area contributed by atoms with Crippen molar-refractivity contribution in [3.63, 3.8) is 0 Å². The van der Waals surface area contributed by atoms with Crippen LogP contribution < -0.4 is 4.72 Å². The molecule has 0 radical (unpaired) electrons. The third-order valence-electron chi connectivity index (χ3n) is 2.91. The molecule has 1 unspecified atom stereocenters. The van der Waals surface area contributed by atoms with Gasteiger partial charge in [0.05, 0.1) is 16.1 Å². The highest BCUT2D eigenvalue weighted by molar-refractivity contribution is 7.90. The summed E-state index contributed by atoms with van der Waals surface area (Å²) in [6.07, 6.45) is 1.30. The number of nitrogens with zero attached hydrogens (tertiary/aromatic N) is 1. The minimum atomic E-state index is -4.11. The fourth-order valence-corrected chi connectivity index (χ4v) is 4.05. The highest BCUT2D eigenvalue weighted by Crippen LogP contribution is 2.28. The Morgan fingerprint density at radius 2 is 1.81 bits per heavy atom. The van der Waals surface area contributed by atoms with E-state index in [4.69, 9.17) is 23.2 Å². The number of carbonyl (C=O) groups excluding carboxylic acids is 1. The van der Waals surface area contributed by atoms with Gasteiger partial charge in [-0.15, -0.1) is 0 Å². The Morgan fingerprint density at radius 3 is 2.24 bits per heavy atom. The molecule has 0 spiro atoms. The molecule has 1 rings (SSSR count). The van der Waals surface area contributed by atoms with Gasteiger partial charge in [-0.1, -0.05) is 42.6 Å². The Kier molecular flexibility index (Phi) is 6.46. The van der Waals surface area contributed by atoms with E-state index in [1.54, 1.807) is 19.0 Å². The minimum Gasteiger partial charge on any atom is -0.298 e. The first-order chi connectivity index (χ1) is 9.70. The van der Waals surface area contributed by atoms with E-state index < -0.39 is 22.0 Å². The van der Waals surface area contributed by atoms with Crippen LogP contribution >= 0.6 is 23.2 Å². The molecule has 5 nitrogen and oxygen atoms in total. The van der Waals surface area contributed by atoms with Crippen LogP contribution in [0.25, 0.3) is 0 Å². The highest BCUT2D eigenvalue weighted by atomic mass is 35.5. The lowest BCUT2D eigenvalue weighted by molar-refractivity contribution is -0.123. The molecule has 21 heavy (non-hydrogen) atoms. The zero-order valence-electron chi connectivity index (χ0n) is 12.1. The smallest absolute Gasteiger partial charge is 0.267 e. The fourth-order valence-electron chi connectivity index (χ4n) is 1.89. The summed E-state index contributed by atoms with van der Waals surface area (Å²) in [5.41, 5.74) is 0. The van der Waals surface area contributed by atoms with E-state index in [9.17, 15) is 13.2 Å². The minimum absolute atomic E-state index is 0.0281. The van der Waals surface area contributed by atoms with E-state index in [1.807, 2.05) is 11.6 Å². The van der Waals surface area contributed by atoms with Crippen LogP contribution in [0.5, 0.6) is 0 Å². The van der Waals surface area contributed by atoms with Crippen molar-refractivity contribution in [2.45, 2.75) is 30.7 Å². The number of nitrogens with one attached hydrogen (secondary N) is 1. The van der Waals surface area contributed by atoms with Crippen molar-refractivity contribution in [3.05, 3.63) is 28.2 Å². The van der Waals surface area contributed by atoms with Gasteiger partial charge in [0, 0.05) is 0 Å². The molecule has 0 aliphatic heterocycles. The number of amides is 1. The number of hydrogen-bond acceptors (Lipinski definition) is 4. The largest absolute Gasteiger partial charge is 0.298 e. The summed E-state index contributed by atoms with van der Waals surface area (Å²) in [4.78, 5) is 13.6. The molecule has 1 N–H and O–H groups in total. The Balaban J connectivity index is 3.08. The van der Waals surface area contributed by atoms with E-state index in [0.29, 0.717) is 6.42 Å². The first-order valence-corrected chi connectivity index (χ1v) is 8.61. The van der Waals surface area contributed by atoms with Crippen LogP contribution in [0.4, 0.5) is 0 Å². The summed E-state index contributed by atoms with van der Waals surface area (Å²) >= 11 is 11.8. The van der Waals surface area contributed by atoms with Crippen LogP contribution in [0, 0.1) is 0 Å². The van der Waals surface area contributed by atoms with Gasteiger partial charge in [-0.25, -0.2) is 13.1 Å². The molecule has 0 bridgehead atoms. The first-order valence-electron chi connectivity index (χ1n) is 6.37. The zero-order valence-corrected chi connectivity index (χ0v) is 14.4. The van der Waals surface area contributed by atoms with Gasteiger partial charge in [0.2, 0.25) is 0 Å². The Labute approximate surface area is 135 Å². The third kappa shape index (κ3) is 4.57. The normalized spacial score (nSPS) is 13.2. The maximum atomic E-state index is 12.3. The van der Waals surface area contributed by atoms with Crippen molar-refractivity contribution in [3.8, 4) is 0 Å². The van der Waals surface area contributed by atoms with Crippen LogP contribution in [-0.2, 0) is 14.8 Å². The lowest BCUT2D eigenvalue weighted by Crippen LogP contribution is -2.45. The Morgan fingerprint density at radius 1 is 1.29 bits per heavy atom. The maximum Gasteiger partial charge on any atom is 0.267 e. The summed E-state index contributed by atoms with van der Waals surface area (Å²) in [6.45, 7) is 1.92. The molecule has 0 saturated heterocycles.